The predicted molar refractivity (Wildman–Crippen MR) is 49.9 cm³/mol. The number of hydrogen-bond acceptors (Lipinski definition) is 5. The zero-order chi connectivity index (χ0) is 10.6. The third-order valence-electron chi connectivity index (χ3n) is 1.52. The molecule has 0 radical (unpaired) electrons. The number of nitrogens with two attached hydrogens (primary N) is 1. The van der Waals surface area contributed by atoms with Crippen molar-refractivity contribution < 1.29 is 9.90 Å². The van der Waals surface area contributed by atoms with Crippen LogP contribution in [-0.2, 0) is 0 Å². The number of carboxylic acids is 1. The van der Waals surface area contributed by atoms with E-state index >= 15 is 0 Å². The molecule has 1 rings (SSSR count). The summed E-state index contributed by atoms with van der Waals surface area (Å²) in [7, 11) is 0. The van der Waals surface area contributed by atoms with Crippen LogP contribution in [0.3, 0.4) is 0 Å². The van der Waals surface area contributed by atoms with E-state index in [1.807, 2.05) is 0 Å². The van der Waals surface area contributed by atoms with Crippen molar-refractivity contribution in [2.45, 2.75) is 0 Å². The molecule has 0 aliphatic rings. The van der Waals surface area contributed by atoms with E-state index < -0.39 is 5.97 Å². The third kappa shape index (κ3) is 1.92. The Morgan fingerprint density at radius 1 is 1.50 bits per heavy atom. The average molecular weight is 192 g/mol. The summed E-state index contributed by atoms with van der Waals surface area (Å²) in [6.07, 6.45) is 3.29. The maximum Gasteiger partial charge on any atom is 0.354 e. The number of carbonyl (C=O) groups is 1. The molecular weight excluding hydrogens is 184 g/mol. The van der Waals surface area contributed by atoms with Gasteiger partial charge in [0, 0.05) is 18.0 Å². The summed E-state index contributed by atoms with van der Waals surface area (Å²) < 4.78 is 0. The number of rotatable bonds is 3. The Morgan fingerprint density at radius 2 is 2.14 bits per heavy atom. The highest BCUT2D eigenvalue weighted by molar-refractivity contribution is 6.07. The van der Waals surface area contributed by atoms with E-state index in [9.17, 15) is 4.79 Å². The molecule has 0 aromatic carbocycles. The third-order valence-corrected chi connectivity index (χ3v) is 1.52. The lowest BCUT2D eigenvalue weighted by Gasteiger charge is -1.99. The Bertz CT molecular complexity index is 400. The smallest absolute Gasteiger partial charge is 0.354 e. The van der Waals surface area contributed by atoms with E-state index in [1.54, 1.807) is 0 Å². The van der Waals surface area contributed by atoms with Gasteiger partial charge in [-0.3, -0.25) is 0 Å². The van der Waals surface area contributed by atoms with E-state index in [0.717, 1.165) is 12.5 Å². The molecule has 0 aliphatic carbocycles. The van der Waals surface area contributed by atoms with Crippen LogP contribution in [0.2, 0.25) is 0 Å². The molecule has 0 saturated carbocycles. The summed E-state index contributed by atoms with van der Waals surface area (Å²) in [6.45, 7) is 0. The van der Waals surface area contributed by atoms with Crippen molar-refractivity contribution in [3.63, 3.8) is 0 Å². The van der Waals surface area contributed by atoms with Gasteiger partial charge in [0.05, 0.1) is 5.69 Å². The molecule has 0 fully saturated rings. The minimum absolute atomic E-state index is 0.129. The molecule has 6 nitrogen and oxygen atoms in total. The molecule has 0 atom stereocenters. The molecule has 0 bridgehead atoms. The van der Waals surface area contributed by atoms with E-state index in [0.29, 0.717) is 11.3 Å². The van der Waals surface area contributed by atoms with E-state index in [1.165, 1.54) is 12.3 Å². The van der Waals surface area contributed by atoms with Gasteiger partial charge < -0.3 is 16.2 Å². The van der Waals surface area contributed by atoms with Gasteiger partial charge in [-0.25, -0.2) is 14.8 Å². The Hall–Kier alpha value is -2.24. The summed E-state index contributed by atoms with van der Waals surface area (Å²) in [5.74, 6) is -1.14. The van der Waals surface area contributed by atoms with Crippen LogP contribution in [0.5, 0.6) is 0 Å². The lowest BCUT2D eigenvalue weighted by atomic mass is 10.2. The second kappa shape index (κ2) is 4.13. The highest BCUT2D eigenvalue weighted by Crippen LogP contribution is 2.07. The summed E-state index contributed by atoms with van der Waals surface area (Å²) in [4.78, 5) is 17.9. The Labute approximate surface area is 79.6 Å². The van der Waals surface area contributed by atoms with Gasteiger partial charge in [0.25, 0.3) is 0 Å². The quantitative estimate of drug-likeness (QED) is 0.589. The standard InChI is InChI=1S/C8H8N4O2/c9-2-5(3-10)6-1-7(8(13)14)12-4-11-6/h1-4,9H,10H2,(H,13,14)/b5-3+,9-2?. The molecule has 0 amide bonds. The SMILES string of the molecule is N=C/C(=C\N)c1cc(C(=O)O)ncn1. The molecular formula is C8H8N4O2. The molecule has 6 heteroatoms. The van der Waals surface area contributed by atoms with Crippen molar-refractivity contribution in [1.29, 1.82) is 5.41 Å². The number of nitrogens with one attached hydrogen (secondary N) is 1. The maximum absolute atomic E-state index is 10.6. The van der Waals surface area contributed by atoms with Crippen molar-refractivity contribution in [3.05, 3.63) is 30.0 Å². The summed E-state index contributed by atoms with van der Waals surface area (Å²) in [5.41, 5.74) is 5.75. The van der Waals surface area contributed by atoms with Crippen LogP contribution >= 0.6 is 0 Å². The van der Waals surface area contributed by atoms with Crippen LogP contribution in [0.15, 0.2) is 18.6 Å². The fourth-order valence-electron chi connectivity index (χ4n) is 0.840. The number of aromatic nitrogens is 2. The van der Waals surface area contributed by atoms with E-state index in [4.69, 9.17) is 16.2 Å². The van der Waals surface area contributed by atoms with Crippen LogP contribution < -0.4 is 5.73 Å². The van der Waals surface area contributed by atoms with Gasteiger partial charge in [-0.1, -0.05) is 0 Å². The molecule has 0 saturated heterocycles. The van der Waals surface area contributed by atoms with Crippen LogP contribution in [0.4, 0.5) is 0 Å². The molecule has 0 spiro atoms. The average Bonchev–Trinajstić information content (AvgIpc) is 2.20. The highest BCUT2D eigenvalue weighted by Gasteiger charge is 2.07. The topological polar surface area (TPSA) is 113 Å². The van der Waals surface area contributed by atoms with Crippen LogP contribution in [0.1, 0.15) is 16.2 Å². The van der Waals surface area contributed by atoms with Gasteiger partial charge in [0.2, 0.25) is 0 Å². The fourth-order valence-corrected chi connectivity index (χ4v) is 0.840. The molecule has 1 aromatic heterocycles. The number of carboxylic acid groups (broad SMARTS) is 1. The molecule has 1 heterocycles. The van der Waals surface area contributed by atoms with Crippen molar-refractivity contribution in [2.24, 2.45) is 5.73 Å². The largest absolute Gasteiger partial charge is 0.477 e. The molecule has 0 unspecified atom stereocenters. The number of aromatic carboxylic acids is 1. The van der Waals surface area contributed by atoms with Gasteiger partial charge >= 0.3 is 5.97 Å². The van der Waals surface area contributed by atoms with Crippen molar-refractivity contribution in [2.75, 3.05) is 0 Å². The fraction of sp³-hybridized carbons (Fsp3) is 0. The first-order valence-electron chi connectivity index (χ1n) is 3.67. The number of nitrogens with zero attached hydrogens (tertiary/aromatic N) is 2. The molecule has 14 heavy (non-hydrogen) atoms. The predicted octanol–water partition coefficient (Wildman–Crippen LogP) is 0.124. The normalized spacial score (nSPS) is 11.0. The van der Waals surface area contributed by atoms with Gasteiger partial charge in [0.15, 0.2) is 5.69 Å². The summed E-state index contributed by atoms with van der Waals surface area (Å²) in [5, 5.41) is 15.6. The maximum atomic E-state index is 10.6. The lowest BCUT2D eigenvalue weighted by molar-refractivity contribution is 0.0690. The molecule has 0 aliphatic heterocycles. The van der Waals surface area contributed by atoms with Crippen molar-refractivity contribution in [1.82, 2.24) is 9.97 Å². The second-order valence-electron chi connectivity index (χ2n) is 2.36. The Kier molecular flexibility index (Phi) is 2.90. The lowest BCUT2D eigenvalue weighted by Crippen LogP contribution is -2.03. The molecule has 4 N–H and O–H groups in total. The van der Waals surface area contributed by atoms with Crippen LogP contribution in [0, 0.1) is 5.41 Å². The minimum Gasteiger partial charge on any atom is -0.477 e. The van der Waals surface area contributed by atoms with Crippen molar-refractivity contribution >= 4 is 17.8 Å². The minimum atomic E-state index is -1.14. The van der Waals surface area contributed by atoms with Crippen LogP contribution in [-0.4, -0.2) is 27.3 Å². The zero-order valence-corrected chi connectivity index (χ0v) is 7.14. The number of allylic oxidation sites excluding steroid dienone is 1. The second-order valence-corrected chi connectivity index (χ2v) is 2.36. The van der Waals surface area contributed by atoms with Gasteiger partial charge in [-0.05, 0) is 6.07 Å². The summed E-state index contributed by atoms with van der Waals surface area (Å²) >= 11 is 0. The first-order valence-corrected chi connectivity index (χ1v) is 3.67. The molecule has 1 aromatic rings. The Balaban J connectivity index is 3.17. The first kappa shape index (κ1) is 9.85. The van der Waals surface area contributed by atoms with Crippen molar-refractivity contribution in [3.8, 4) is 0 Å². The van der Waals surface area contributed by atoms with E-state index in [-0.39, 0.29) is 5.69 Å². The van der Waals surface area contributed by atoms with E-state index in [2.05, 4.69) is 9.97 Å². The summed E-state index contributed by atoms with van der Waals surface area (Å²) in [6, 6.07) is 1.26. The highest BCUT2D eigenvalue weighted by atomic mass is 16.4. The number of hydrogen-bond donors (Lipinski definition) is 3. The molecule has 72 valence electrons. The first-order chi connectivity index (χ1) is 6.69. The monoisotopic (exact) mass is 192 g/mol. The zero-order valence-electron chi connectivity index (χ0n) is 7.14. The van der Waals surface area contributed by atoms with Crippen LogP contribution in [0.25, 0.3) is 5.57 Å². The van der Waals surface area contributed by atoms with Gasteiger partial charge in [-0.2, -0.15) is 0 Å². The Morgan fingerprint density at radius 3 is 2.64 bits per heavy atom. The van der Waals surface area contributed by atoms with Gasteiger partial charge in [-0.15, -0.1) is 0 Å². The van der Waals surface area contributed by atoms with Gasteiger partial charge in [0.1, 0.15) is 6.33 Å².